The number of amides is 3. The molecule has 9 N–H and O–H groups in total. The second-order valence-corrected chi connectivity index (χ2v) is 4.09. The van der Waals surface area contributed by atoms with Crippen LogP contribution in [0.1, 0.15) is 38.5 Å². The minimum absolute atomic E-state index is 0.206. The maximum absolute atomic E-state index is 11.3. The molecule has 0 saturated heterocycles. The SMILES string of the molecule is NNC(=O)CCCCCCC(C(=O)NN)C(=O)NN. The van der Waals surface area contributed by atoms with Crippen LogP contribution in [0.2, 0.25) is 0 Å². The van der Waals surface area contributed by atoms with Gasteiger partial charge in [0.2, 0.25) is 17.7 Å². The highest BCUT2D eigenvalue weighted by Crippen LogP contribution is 2.12. The highest BCUT2D eigenvalue weighted by atomic mass is 16.2. The first-order valence-electron chi connectivity index (χ1n) is 6.07. The molecule has 110 valence electrons. The van der Waals surface area contributed by atoms with E-state index in [1.165, 1.54) is 0 Å². The third-order valence-electron chi connectivity index (χ3n) is 2.73. The van der Waals surface area contributed by atoms with E-state index in [-0.39, 0.29) is 5.91 Å². The summed E-state index contributed by atoms with van der Waals surface area (Å²) >= 11 is 0. The van der Waals surface area contributed by atoms with E-state index in [0.717, 1.165) is 12.8 Å². The van der Waals surface area contributed by atoms with Gasteiger partial charge in [0.25, 0.3) is 0 Å². The average Bonchev–Trinajstić information content (AvgIpc) is 2.44. The summed E-state index contributed by atoms with van der Waals surface area (Å²) in [5.41, 5.74) is 5.91. The molecule has 0 saturated carbocycles. The highest BCUT2D eigenvalue weighted by Gasteiger charge is 2.24. The molecule has 0 spiro atoms. The molecule has 0 fully saturated rings. The first-order chi connectivity index (χ1) is 9.06. The van der Waals surface area contributed by atoms with Crippen LogP contribution in [0.25, 0.3) is 0 Å². The summed E-state index contributed by atoms with van der Waals surface area (Å²) in [6.07, 6.45) is 3.70. The van der Waals surface area contributed by atoms with Gasteiger partial charge in [-0.2, -0.15) is 0 Å². The van der Waals surface area contributed by atoms with E-state index in [9.17, 15) is 14.4 Å². The molecule has 0 radical (unpaired) electrons. The zero-order chi connectivity index (χ0) is 14.7. The molecule has 0 aliphatic rings. The Balaban J connectivity index is 3.85. The van der Waals surface area contributed by atoms with Gasteiger partial charge >= 0.3 is 0 Å². The number of nitrogens with two attached hydrogens (primary N) is 3. The molecule has 0 aromatic carbocycles. The first kappa shape index (κ1) is 17.3. The van der Waals surface area contributed by atoms with Crippen LogP contribution in [0.4, 0.5) is 0 Å². The maximum atomic E-state index is 11.3. The Morgan fingerprint density at radius 2 is 1.32 bits per heavy atom. The number of carbonyl (C=O) groups is 3. The fourth-order valence-corrected chi connectivity index (χ4v) is 1.64. The van der Waals surface area contributed by atoms with Crippen molar-refractivity contribution in [2.45, 2.75) is 38.5 Å². The fourth-order valence-electron chi connectivity index (χ4n) is 1.64. The van der Waals surface area contributed by atoms with Crippen molar-refractivity contribution in [2.24, 2.45) is 23.4 Å². The summed E-state index contributed by atoms with van der Waals surface area (Å²) in [6, 6.07) is 0. The Morgan fingerprint density at radius 1 is 0.789 bits per heavy atom. The van der Waals surface area contributed by atoms with Crippen molar-refractivity contribution in [3.63, 3.8) is 0 Å². The Bertz CT molecular complexity index is 294. The highest BCUT2D eigenvalue weighted by molar-refractivity contribution is 5.99. The predicted octanol–water partition coefficient (Wildman–Crippen LogP) is -2.09. The Labute approximate surface area is 111 Å². The quantitative estimate of drug-likeness (QED) is 0.0927. The van der Waals surface area contributed by atoms with Crippen LogP contribution in [0.15, 0.2) is 0 Å². The summed E-state index contributed by atoms with van der Waals surface area (Å²) in [5, 5.41) is 0. The van der Waals surface area contributed by atoms with Gasteiger partial charge in [0.15, 0.2) is 0 Å². The molecule has 0 aromatic heterocycles. The lowest BCUT2D eigenvalue weighted by molar-refractivity contribution is -0.135. The van der Waals surface area contributed by atoms with Gasteiger partial charge in [0.1, 0.15) is 5.92 Å². The molecular formula is C10H22N6O3. The summed E-state index contributed by atoms with van der Waals surface area (Å²) in [5.74, 6) is 12.7. The van der Waals surface area contributed by atoms with Crippen molar-refractivity contribution in [1.29, 1.82) is 0 Å². The first-order valence-corrected chi connectivity index (χ1v) is 6.07. The molecule has 0 atom stereocenters. The summed E-state index contributed by atoms with van der Waals surface area (Å²) in [7, 11) is 0. The molecular weight excluding hydrogens is 252 g/mol. The minimum Gasteiger partial charge on any atom is -0.294 e. The molecule has 9 heteroatoms. The summed E-state index contributed by atoms with van der Waals surface area (Å²) in [6.45, 7) is 0. The zero-order valence-corrected chi connectivity index (χ0v) is 10.8. The molecule has 0 aromatic rings. The van der Waals surface area contributed by atoms with Gasteiger partial charge in [-0.3, -0.25) is 30.7 Å². The Hall–Kier alpha value is -1.71. The van der Waals surface area contributed by atoms with Crippen molar-refractivity contribution < 1.29 is 14.4 Å². The van der Waals surface area contributed by atoms with E-state index in [0.29, 0.717) is 25.7 Å². The van der Waals surface area contributed by atoms with E-state index in [4.69, 9.17) is 17.5 Å². The monoisotopic (exact) mass is 274 g/mol. The third-order valence-corrected chi connectivity index (χ3v) is 2.73. The van der Waals surface area contributed by atoms with Gasteiger partial charge in [-0.05, 0) is 12.8 Å². The third kappa shape index (κ3) is 7.34. The molecule has 0 aliphatic heterocycles. The maximum Gasteiger partial charge on any atom is 0.246 e. The second-order valence-electron chi connectivity index (χ2n) is 4.09. The van der Waals surface area contributed by atoms with Crippen molar-refractivity contribution >= 4 is 17.7 Å². The largest absolute Gasteiger partial charge is 0.294 e. The predicted molar refractivity (Wildman–Crippen MR) is 68.2 cm³/mol. The number of hydrogen-bond acceptors (Lipinski definition) is 6. The molecule has 0 heterocycles. The zero-order valence-electron chi connectivity index (χ0n) is 10.8. The molecule has 19 heavy (non-hydrogen) atoms. The molecule has 0 unspecified atom stereocenters. The van der Waals surface area contributed by atoms with Gasteiger partial charge in [0, 0.05) is 6.42 Å². The van der Waals surface area contributed by atoms with Crippen LogP contribution in [0.5, 0.6) is 0 Å². The molecule has 0 bridgehead atoms. The average molecular weight is 274 g/mol. The van der Waals surface area contributed by atoms with Crippen LogP contribution in [0, 0.1) is 5.92 Å². The van der Waals surface area contributed by atoms with Gasteiger partial charge in [0.05, 0.1) is 0 Å². The van der Waals surface area contributed by atoms with Gasteiger partial charge < -0.3 is 0 Å². The molecule has 3 amide bonds. The summed E-state index contributed by atoms with van der Waals surface area (Å²) in [4.78, 5) is 33.5. The lowest BCUT2D eigenvalue weighted by Gasteiger charge is -2.13. The van der Waals surface area contributed by atoms with E-state index < -0.39 is 17.7 Å². The number of rotatable bonds is 9. The molecule has 0 rings (SSSR count). The Morgan fingerprint density at radius 3 is 1.79 bits per heavy atom. The van der Waals surface area contributed by atoms with Crippen LogP contribution < -0.4 is 33.8 Å². The minimum atomic E-state index is -0.887. The topological polar surface area (TPSA) is 165 Å². The van der Waals surface area contributed by atoms with E-state index in [1.807, 2.05) is 16.3 Å². The number of hydrogen-bond donors (Lipinski definition) is 6. The van der Waals surface area contributed by atoms with E-state index in [1.54, 1.807) is 0 Å². The molecule has 0 aliphatic carbocycles. The lowest BCUT2D eigenvalue weighted by Crippen LogP contribution is -2.45. The normalized spacial score (nSPS) is 10.1. The smallest absolute Gasteiger partial charge is 0.246 e. The van der Waals surface area contributed by atoms with Crippen molar-refractivity contribution in [2.75, 3.05) is 0 Å². The van der Waals surface area contributed by atoms with Crippen molar-refractivity contribution in [3.05, 3.63) is 0 Å². The van der Waals surface area contributed by atoms with E-state index >= 15 is 0 Å². The van der Waals surface area contributed by atoms with Gasteiger partial charge in [-0.1, -0.05) is 19.3 Å². The van der Waals surface area contributed by atoms with Crippen LogP contribution >= 0.6 is 0 Å². The van der Waals surface area contributed by atoms with Crippen LogP contribution in [-0.2, 0) is 14.4 Å². The van der Waals surface area contributed by atoms with Gasteiger partial charge in [-0.25, -0.2) is 17.5 Å². The lowest BCUT2D eigenvalue weighted by atomic mass is 9.99. The van der Waals surface area contributed by atoms with Crippen LogP contribution in [0.3, 0.4) is 0 Å². The van der Waals surface area contributed by atoms with Crippen molar-refractivity contribution in [1.82, 2.24) is 16.3 Å². The number of carbonyl (C=O) groups excluding carboxylic acids is 3. The fraction of sp³-hybridized carbons (Fsp3) is 0.700. The second kappa shape index (κ2) is 10.2. The number of unbranched alkanes of at least 4 members (excludes halogenated alkanes) is 3. The Kier molecular flexibility index (Phi) is 9.31. The standard InChI is InChI=1S/C10H22N6O3/c11-14-8(17)6-4-2-1-3-5-7(9(18)15-12)10(19)16-13/h7H,1-6,11-13H2,(H,14,17)(H,15,18)(H,16,19). The summed E-state index contributed by atoms with van der Waals surface area (Å²) < 4.78 is 0. The van der Waals surface area contributed by atoms with E-state index in [2.05, 4.69) is 0 Å². The molecule has 9 nitrogen and oxygen atoms in total. The number of hydrazine groups is 3. The number of nitrogens with one attached hydrogen (secondary N) is 3. The van der Waals surface area contributed by atoms with Crippen molar-refractivity contribution in [3.8, 4) is 0 Å². The van der Waals surface area contributed by atoms with Crippen LogP contribution in [-0.4, -0.2) is 17.7 Å². The van der Waals surface area contributed by atoms with Gasteiger partial charge in [-0.15, -0.1) is 0 Å².